The summed E-state index contributed by atoms with van der Waals surface area (Å²) >= 11 is 6.30. The fourth-order valence-corrected chi connectivity index (χ4v) is 2.49. The molecule has 1 atom stereocenters. The normalized spacial score (nSPS) is 11.8. The van der Waals surface area contributed by atoms with Crippen molar-refractivity contribution >= 4 is 17.5 Å². The van der Waals surface area contributed by atoms with Crippen LogP contribution in [-0.2, 0) is 4.79 Å². The number of likely N-dealkylation sites (N-methyl/N-ethyl adjacent to an activating group) is 1. The topological polar surface area (TPSA) is 50.4 Å². The van der Waals surface area contributed by atoms with Gasteiger partial charge in [-0.2, -0.15) is 0 Å². The standard InChI is InChI=1S/C17H19ClN2O2/c1-19-11-16(21)20-17(14-8-3-4-9-15(14)18)12-6-5-7-13(10-12)22-2/h3-10,17,19H,11H2,1-2H3,(H,20,21). The SMILES string of the molecule is CNCC(=O)NC(c1cccc(OC)c1)c1ccccc1Cl. The minimum absolute atomic E-state index is 0.102. The van der Waals surface area contributed by atoms with Crippen LogP contribution in [0.25, 0.3) is 0 Å². The number of nitrogens with one attached hydrogen (secondary N) is 2. The van der Waals surface area contributed by atoms with Crippen molar-refractivity contribution in [3.05, 3.63) is 64.7 Å². The zero-order chi connectivity index (χ0) is 15.9. The van der Waals surface area contributed by atoms with Crippen LogP contribution in [0.2, 0.25) is 5.02 Å². The van der Waals surface area contributed by atoms with Crippen molar-refractivity contribution in [2.24, 2.45) is 0 Å². The van der Waals surface area contributed by atoms with E-state index in [4.69, 9.17) is 16.3 Å². The minimum atomic E-state index is -0.329. The fourth-order valence-electron chi connectivity index (χ4n) is 2.24. The van der Waals surface area contributed by atoms with E-state index in [1.807, 2.05) is 48.5 Å². The molecule has 2 rings (SSSR count). The first-order chi connectivity index (χ1) is 10.7. The summed E-state index contributed by atoms with van der Waals surface area (Å²) in [4.78, 5) is 12.0. The molecule has 1 amide bonds. The van der Waals surface area contributed by atoms with Crippen molar-refractivity contribution in [1.82, 2.24) is 10.6 Å². The van der Waals surface area contributed by atoms with Gasteiger partial charge in [-0.3, -0.25) is 4.79 Å². The van der Waals surface area contributed by atoms with Crippen molar-refractivity contribution in [2.75, 3.05) is 20.7 Å². The first kappa shape index (κ1) is 16.3. The predicted octanol–water partition coefficient (Wildman–Crippen LogP) is 2.77. The Labute approximate surface area is 135 Å². The number of benzene rings is 2. The van der Waals surface area contributed by atoms with E-state index in [9.17, 15) is 4.79 Å². The number of hydrogen-bond donors (Lipinski definition) is 2. The second-order valence-corrected chi connectivity index (χ2v) is 5.24. The lowest BCUT2D eigenvalue weighted by Gasteiger charge is -2.21. The highest BCUT2D eigenvalue weighted by molar-refractivity contribution is 6.31. The lowest BCUT2D eigenvalue weighted by molar-refractivity contribution is -0.120. The molecule has 4 nitrogen and oxygen atoms in total. The zero-order valence-corrected chi connectivity index (χ0v) is 13.4. The average molecular weight is 319 g/mol. The molecule has 5 heteroatoms. The van der Waals surface area contributed by atoms with E-state index >= 15 is 0 Å². The van der Waals surface area contributed by atoms with Gasteiger partial charge in [-0.15, -0.1) is 0 Å². The second-order valence-electron chi connectivity index (χ2n) is 4.83. The number of carbonyl (C=O) groups is 1. The molecule has 0 saturated heterocycles. The van der Waals surface area contributed by atoms with Gasteiger partial charge in [0.25, 0.3) is 0 Å². The number of rotatable bonds is 6. The Hall–Kier alpha value is -2.04. The highest BCUT2D eigenvalue weighted by Gasteiger charge is 2.19. The number of halogens is 1. The summed E-state index contributed by atoms with van der Waals surface area (Å²) in [6.45, 7) is 0.241. The molecule has 0 heterocycles. The van der Waals surface area contributed by atoms with Crippen LogP contribution < -0.4 is 15.4 Å². The molecule has 2 aromatic rings. The fraction of sp³-hybridized carbons (Fsp3) is 0.235. The summed E-state index contributed by atoms with van der Waals surface area (Å²) in [6.07, 6.45) is 0. The molecule has 0 saturated carbocycles. The van der Waals surface area contributed by atoms with Crippen molar-refractivity contribution in [3.8, 4) is 5.75 Å². The molecule has 116 valence electrons. The highest BCUT2D eigenvalue weighted by Crippen LogP contribution is 2.29. The molecule has 2 aromatic carbocycles. The van der Waals surface area contributed by atoms with Gasteiger partial charge in [0, 0.05) is 5.02 Å². The maximum absolute atomic E-state index is 12.0. The van der Waals surface area contributed by atoms with Crippen LogP contribution in [0.15, 0.2) is 48.5 Å². The van der Waals surface area contributed by atoms with E-state index in [0.29, 0.717) is 5.02 Å². The van der Waals surface area contributed by atoms with Crippen LogP contribution in [0.3, 0.4) is 0 Å². The Balaban J connectivity index is 2.40. The highest BCUT2D eigenvalue weighted by atomic mass is 35.5. The molecule has 2 N–H and O–H groups in total. The molecule has 1 unspecified atom stereocenters. The van der Waals surface area contributed by atoms with E-state index in [1.165, 1.54) is 0 Å². The molecular weight excluding hydrogens is 300 g/mol. The third kappa shape index (κ3) is 4.00. The maximum atomic E-state index is 12.0. The van der Waals surface area contributed by atoms with E-state index in [2.05, 4.69) is 10.6 Å². The molecule has 0 aliphatic carbocycles. The number of methoxy groups -OCH3 is 1. The van der Waals surface area contributed by atoms with Crippen molar-refractivity contribution in [1.29, 1.82) is 0 Å². The third-order valence-electron chi connectivity index (χ3n) is 3.29. The lowest BCUT2D eigenvalue weighted by Crippen LogP contribution is -2.35. The number of hydrogen-bond acceptors (Lipinski definition) is 3. The summed E-state index contributed by atoms with van der Waals surface area (Å²) in [7, 11) is 3.35. The number of carbonyl (C=O) groups excluding carboxylic acids is 1. The molecule has 0 bridgehead atoms. The molecule has 0 radical (unpaired) electrons. The summed E-state index contributed by atoms with van der Waals surface area (Å²) in [6, 6.07) is 14.8. The Kier molecular flexibility index (Phi) is 5.81. The monoisotopic (exact) mass is 318 g/mol. The van der Waals surface area contributed by atoms with Crippen LogP contribution in [0, 0.1) is 0 Å². The Morgan fingerprint density at radius 2 is 2.00 bits per heavy atom. The van der Waals surface area contributed by atoms with E-state index in [1.54, 1.807) is 14.2 Å². The minimum Gasteiger partial charge on any atom is -0.497 e. The number of amides is 1. The van der Waals surface area contributed by atoms with Gasteiger partial charge in [-0.25, -0.2) is 0 Å². The van der Waals surface area contributed by atoms with Crippen LogP contribution in [0.5, 0.6) is 5.75 Å². The van der Waals surface area contributed by atoms with Gasteiger partial charge >= 0.3 is 0 Å². The van der Waals surface area contributed by atoms with Gasteiger partial charge in [-0.05, 0) is 36.4 Å². The van der Waals surface area contributed by atoms with Gasteiger partial charge in [0.05, 0.1) is 19.7 Å². The maximum Gasteiger partial charge on any atom is 0.234 e. The molecule has 0 aromatic heterocycles. The van der Waals surface area contributed by atoms with Gasteiger partial charge in [-0.1, -0.05) is 41.9 Å². The van der Waals surface area contributed by atoms with Crippen molar-refractivity contribution in [2.45, 2.75) is 6.04 Å². The molecule has 0 spiro atoms. The molecule has 0 fully saturated rings. The third-order valence-corrected chi connectivity index (χ3v) is 3.63. The van der Waals surface area contributed by atoms with E-state index in [-0.39, 0.29) is 18.5 Å². The second kappa shape index (κ2) is 7.82. The van der Waals surface area contributed by atoms with E-state index in [0.717, 1.165) is 16.9 Å². The van der Waals surface area contributed by atoms with Crippen molar-refractivity contribution < 1.29 is 9.53 Å². The van der Waals surface area contributed by atoms with Gasteiger partial charge in [0.2, 0.25) is 5.91 Å². The lowest BCUT2D eigenvalue weighted by atomic mass is 9.98. The largest absolute Gasteiger partial charge is 0.497 e. The smallest absolute Gasteiger partial charge is 0.234 e. The molecule has 0 aliphatic heterocycles. The van der Waals surface area contributed by atoms with Crippen LogP contribution in [0.4, 0.5) is 0 Å². The van der Waals surface area contributed by atoms with Gasteiger partial charge in [0.1, 0.15) is 5.75 Å². The summed E-state index contributed by atoms with van der Waals surface area (Å²) in [5, 5.41) is 6.46. The quantitative estimate of drug-likeness (QED) is 0.861. The number of ether oxygens (including phenoxy) is 1. The van der Waals surface area contributed by atoms with Gasteiger partial charge < -0.3 is 15.4 Å². The average Bonchev–Trinajstić information content (AvgIpc) is 2.54. The van der Waals surface area contributed by atoms with Gasteiger partial charge in [0.15, 0.2) is 0 Å². The Bertz CT molecular complexity index is 646. The van der Waals surface area contributed by atoms with Crippen LogP contribution in [0.1, 0.15) is 17.2 Å². The first-order valence-corrected chi connectivity index (χ1v) is 7.36. The summed E-state index contributed by atoms with van der Waals surface area (Å²) in [5.74, 6) is 0.632. The summed E-state index contributed by atoms with van der Waals surface area (Å²) in [5.41, 5.74) is 1.76. The predicted molar refractivity (Wildman–Crippen MR) is 88.4 cm³/mol. The Morgan fingerprint density at radius 3 is 2.68 bits per heavy atom. The van der Waals surface area contributed by atoms with E-state index < -0.39 is 0 Å². The molecular formula is C17H19ClN2O2. The molecule has 22 heavy (non-hydrogen) atoms. The molecule has 0 aliphatic rings. The Morgan fingerprint density at radius 1 is 1.23 bits per heavy atom. The first-order valence-electron chi connectivity index (χ1n) is 6.98. The summed E-state index contributed by atoms with van der Waals surface area (Å²) < 4.78 is 5.27. The van der Waals surface area contributed by atoms with Crippen molar-refractivity contribution in [3.63, 3.8) is 0 Å². The van der Waals surface area contributed by atoms with Crippen LogP contribution in [-0.4, -0.2) is 26.6 Å². The zero-order valence-electron chi connectivity index (χ0n) is 12.6. The van der Waals surface area contributed by atoms with Crippen LogP contribution >= 0.6 is 11.6 Å².